The Balaban J connectivity index is 2.37. The largest absolute Gasteiger partial charge is 0.348 e. The summed E-state index contributed by atoms with van der Waals surface area (Å²) < 4.78 is 2.13. The maximum absolute atomic E-state index is 11.2. The zero-order valence-electron chi connectivity index (χ0n) is 7.08. The van der Waals surface area contributed by atoms with Crippen LogP contribution in [0.2, 0.25) is 0 Å². The van der Waals surface area contributed by atoms with Crippen molar-refractivity contribution in [2.24, 2.45) is 0 Å². The lowest BCUT2D eigenvalue weighted by atomic mass is 10.1. The third-order valence-corrected chi connectivity index (χ3v) is 2.27. The van der Waals surface area contributed by atoms with Gasteiger partial charge in [-0.1, -0.05) is 0 Å². The Bertz CT molecular complexity index is 303. The summed E-state index contributed by atoms with van der Waals surface area (Å²) in [4.78, 5) is 11.2. The number of hydrogen-bond acceptors (Lipinski definition) is 2. The Morgan fingerprint density at radius 2 is 2.58 bits per heavy atom. The van der Waals surface area contributed by atoms with Gasteiger partial charge in [-0.2, -0.15) is 0 Å². The molecule has 1 aromatic rings. The van der Waals surface area contributed by atoms with Crippen molar-refractivity contribution in [2.45, 2.75) is 19.5 Å². The zero-order valence-corrected chi connectivity index (χ0v) is 7.08. The highest BCUT2D eigenvalue weighted by atomic mass is 16.1. The fraction of sp³-hybridized carbons (Fsp3) is 0.444. The van der Waals surface area contributed by atoms with Crippen LogP contribution in [0, 0.1) is 0 Å². The molecule has 0 spiro atoms. The average Bonchev–Trinajstić information content (AvgIpc) is 2.49. The zero-order chi connectivity index (χ0) is 8.55. The lowest BCUT2D eigenvalue weighted by Crippen LogP contribution is -2.36. The van der Waals surface area contributed by atoms with E-state index in [1.807, 2.05) is 18.3 Å². The minimum Gasteiger partial charge on any atom is -0.348 e. The van der Waals surface area contributed by atoms with Crippen LogP contribution in [0.25, 0.3) is 0 Å². The van der Waals surface area contributed by atoms with Gasteiger partial charge in [-0.3, -0.25) is 4.79 Å². The van der Waals surface area contributed by atoms with Gasteiger partial charge in [-0.15, -0.1) is 0 Å². The topological polar surface area (TPSA) is 34.0 Å². The van der Waals surface area contributed by atoms with Gasteiger partial charge in [-0.05, 0) is 19.1 Å². The molecule has 0 aliphatic carbocycles. The molecule has 1 unspecified atom stereocenters. The molecule has 1 aromatic heterocycles. The lowest BCUT2D eigenvalue weighted by Gasteiger charge is -2.24. The number of Topliss-reactive ketones (excluding diaryl/α,β-unsaturated/α-hetero) is 1. The van der Waals surface area contributed by atoms with E-state index in [1.54, 1.807) is 6.92 Å². The van der Waals surface area contributed by atoms with Crippen LogP contribution in [0.4, 0.5) is 0 Å². The molecular formula is C9H12N2O. The number of carbonyl (C=O) groups is 1. The molecule has 3 nitrogen and oxygen atoms in total. The van der Waals surface area contributed by atoms with E-state index in [1.165, 1.54) is 0 Å². The summed E-state index contributed by atoms with van der Waals surface area (Å²) in [7, 11) is 0. The molecule has 0 saturated heterocycles. The van der Waals surface area contributed by atoms with E-state index >= 15 is 0 Å². The molecule has 2 rings (SSSR count). The van der Waals surface area contributed by atoms with Gasteiger partial charge in [0.05, 0.1) is 0 Å². The maximum Gasteiger partial charge on any atom is 0.152 e. The molecule has 0 amide bonds. The van der Waals surface area contributed by atoms with Gasteiger partial charge in [0.25, 0.3) is 0 Å². The molecule has 0 aromatic carbocycles. The number of nitrogens with one attached hydrogen (secondary N) is 1. The molecule has 0 radical (unpaired) electrons. The van der Waals surface area contributed by atoms with E-state index in [-0.39, 0.29) is 11.8 Å². The van der Waals surface area contributed by atoms with Gasteiger partial charge in [0.15, 0.2) is 5.78 Å². The minimum atomic E-state index is -0.0891. The maximum atomic E-state index is 11.2. The highest BCUT2D eigenvalue weighted by Gasteiger charge is 2.22. The van der Waals surface area contributed by atoms with Crippen molar-refractivity contribution in [1.82, 2.24) is 9.88 Å². The van der Waals surface area contributed by atoms with Gasteiger partial charge in [0.2, 0.25) is 0 Å². The number of fused-ring (bicyclic) bond motifs is 1. The smallest absolute Gasteiger partial charge is 0.152 e. The Morgan fingerprint density at radius 3 is 3.33 bits per heavy atom. The normalized spacial score (nSPS) is 21.9. The molecule has 0 bridgehead atoms. The van der Waals surface area contributed by atoms with Crippen LogP contribution >= 0.6 is 0 Å². The third-order valence-electron chi connectivity index (χ3n) is 2.27. The van der Waals surface area contributed by atoms with E-state index in [0.29, 0.717) is 0 Å². The average molecular weight is 164 g/mol. The first-order valence-electron chi connectivity index (χ1n) is 4.18. The Kier molecular flexibility index (Phi) is 1.73. The predicted molar refractivity (Wildman–Crippen MR) is 45.9 cm³/mol. The second-order valence-electron chi connectivity index (χ2n) is 3.12. The first-order valence-corrected chi connectivity index (χ1v) is 4.18. The molecule has 0 fully saturated rings. The molecule has 3 heteroatoms. The van der Waals surface area contributed by atoms with Gasteiger partial charge in [0.1, 0.15) is 6.04 Å². The van der Waals surface area contributed by atoms with Crippen molar-refractivity contribution in [3.63, 3.8) is 0 Å². The Hall–Kier alpha value is -1.09. The number of rotatable bonds is 1. The van der Waals surface area contributed by atoms with Crippen LogP contribution in [0.1, 0.15) is 18.7 Å². The van der Waals surface area contributed by atoms with Gasteiger partial charge < -0.3 is 9.88 Å². The molecule has 64 valence electrons. The van der Waals surface area contributed by atoms with E-state index in [4.69, 9.17) is 0 Å². The molecule has 2 heterocycles. The van der Waals surface area contributed by atoms with Gasteiger partial charge in [-0.25, -0.2) is 0 Å². The van der Waals surface area contributed by atoms with Crippen LogP contribution in [0.15, 0.2) is 18.3 Å². The Labute approximate surface area is 71.4 Å². The first kappa shape index (κ1) is 7.55. The number of aromatic nitrogens is 1. The van der Waals surface area contributed by atoms with E-state index in [0.717, 1.165) is 18.8 Å². The fourth-order valence-corrected chi connectivity index (χ4v) is 1.68. The van der Waals surface area contributed by atoms with E-state index < -0.39 is 0 Å². The highest BCUT2D eigenvalue weighted by molar-refractivity contribution is 5.82. The monoisotopic (exact) mass is 164 g/mol. The second-order valence-corrected chi connectivity index (χ2v) is 3.12. The van der Waals surface area contributed by atoms with Gasteiger partial charge >= 0.3 is 0 Å². The standard InChI is InChI=1S/C9H12N2O/c1-7(12)9-8-3-2-5-11(8)6-4-10-9/h2-3,5,9-10H,4,6H2,1H3. The fourth-order valence-electron chi connectivity index (χ4n) is 1.68. The summed E-state index contributed by atoms with van der Waals surface area (Å²) >= 11 is 0. The lowest BCUT2D eigenvalue weighted by molar-refractivity contribution is -0.119. The molecule has 1 atom stereocenters. The number of carbonyl (C=O) groups excluding carboxylic acids is 1. The van der Waals surface area contributed by atoms with Crippen molar-refractivity contribution in [3.8, 4) is 0 Å². The van der Waals surface area contributed by atoms with Crippen LogP contribution < -0.4 is 5.32 Å². The summed E-state index contributed by atoms with van der Waals surface area (Å²) in [6.07, 6.45) is 2.02. The summed E-state index contributed by atoms with van der Waals surface area (Å²) in [5.74, 6) is 0.189. The predicted octanol–water partition coefficient (Wildman–Crippen LogP) is 0.721. The highest BCUT2D eigenvalue weighted by Crippen LogP contribution is 2.17. The summed E-state index contributed by atoms with van der Waals surface area (Å²) in [5, 5.41) is 3.19. The number of hydrogen-bond donors (Lipinski definition) is 1. The van der Waals surface area contributed by atoms with Crippen LogP contribution in [0.5, 0.6) is 0 Å². The first-order chi connectivity index (χ1) is 5.79. The van der Waals surface area contributed by atoms with Gasteiger partial charge in [0, 0.05) is 25.0 Å². The molecule has 0 saturated carbocycles. The second kappa shape index (κ2) is 2.75. The van der Waals surface area contributed by atoms with Crippen LogP contribution in [0.3, 0.4) is 0 Å². The van der Waals surface area contributed by atoms with Crippen LogP contribution in [-0.4, -0.2) is 16.9 Å². The SMILES string of the molecule is CC(=O)C1NCCn2cccc21. The van der Waals surface area contributed by atoms with Crippen molar-refractivity contribution >= 4 is 5.78 Å². The van der Waals surface area contributed by atoms with Crippen LogP contribution in [-0.2, 0) is 11.3 Å². The summed E-state index contributed by atoms with van der Waals surface area (Å²) in [5.41, 5.74) is 1.09. The summed E-state index contributed by atoms with van der Waals surface area (Å²) in [6.45, 7) is 3.47. The van der Waals surface area contributed by atoms with Crippen molar-refractivity contribution in [1.29, 1.82) is 0 Å². The molecule has 12 heavy (non-hydrogen) atoms. The van der Waals surface area contributed by atoms with E-state index in [2.05, 4.69) is 9.88 Å². The molecule has 1 aliphatic rings. The molecule has 1 aliphatic heterocycles. The van der Waals surface area contributed by atoms with E-state index in [9.17, 15) is 4.79 Å². The van der Waals surface area contributed by atoms with Crippen molar-refractivity contribution in [3.05, 3.63) is 24.0 Å². The number of nitrogens with zero attached hydrogens (tertiary/aromatic N) is 1. The molecule has 1 N–H and O–H groups in total. The van der Waals surface area contributed by atoms with Crippen molar-refractivity contribution < 1.29 is 4.79 Å². The Morgan fingerprint density at radius 1 is 1.75 bits per heavy atom. The number of ketones is 1. The quantitative estimate of drug-likeness (QED) is 0.663. The third kappa shape index (κ3) is 1.06. The van der Waals surface area contributed by atoms with Crippen molar-refractivity contribution in [2.75, 3.05) is 6.54 Å². The summed E-state index contributed by atoms with van der Waals surface area (Å²) in [6, 6.07) is 3.89. The minimum absolute atomic E-state index is 0.0891. The molecular weight excluding hydrogens is 152 g/mol.